The van der Waals surface area contributed by atoms with Gasteiger partial charge in [0.1, 0.15) is 5.82 Å². The van der Waals surface area contributed by atoms with Gasteiger partial charge in [-0.3, -0.25) is 0 Å². The van der Waals surface area contributed by atoms with Crippen LogP contribution < -0.4 is 14.8 Å². The number of fused-ring (bicyclic) bond motifs is 1. The molecule has 4 nitrogen and oxygen atoms in total. The maximum atomic E-state index is 5.35. The summed E-state index contributed by atoms with van der Waals surface area (Å²) in [7, 11) is 0. The van der Waals surface area contributed by atoms with E-state index < -0.39 is 0 Å². The van der Waals surface area contributed by atoms with Gasteiger partial charge in [-0.05, 0) is 52.7 Å². The van der Waals surface area contributed by atoms with Gasteiger partial charge in [0.25, 0.3) is 0 Å². The molecule has 5 heteroatoms. The van der Waals surface area contributed by atoms with Crippen LogP contribution in [0, 0.1) is 6.92 Å². The Kier molecular flexibility index (Phi) is 3.29. The van der Waals surface area contributed by atoms with Gasteiger partial charge in [0, 0.05) is 11.0 Å². The van der Waals surface area contributed by atoms with Crippen molar-refractivity contribution in [3.05, 3.63) is 46.1 Å². The third kappa shape index (κ3) is 2.66. The molecule has 2 heterocycles. The first-order valence-electron chi connectivity index (χ1n) is 5.98. The molecule has 0 spiro atoms. The third-order valence-electron chi connectivity index (χ3n) is 2.93. The summed E-state index contributed by atoms with van der Waals surface area (Å²) < 4.78 is 11.7. The predicted octanol–water partition coefficient (Wildman–Crippen LogP) is 3.49. The van der Waals surface area contributed by atoms with Crippen LogP contribution >= 0.6 is 15.9 Å². The molecule has 0 bridgehead atoms. The highest BCUT2D eigenvalue weighted by Crippen LogP contribution is 2.32. The number of hydrogen-bond donors (Lipinski definition) is 1. The summed E-state index contributed by atoms with van der Waals surface area (Å²) in [6.45, 7) is 2.97. The van der Waals surface area contributed by atoms with E-state index in [-0.39, 0.29) is 0 Å². The predicted molar refractivity (Wildman–Crippen MR) is 76.6 cm³/mol. The molecule has 0 atom stereocenters. The Hall–Kier alpha value is -1.75. The highest BCUT2D eigenvalue weighted by Gasteiger charge is 2.12. The molecule has 1 aromatic carbocycles. The lowest BCUT2D eigenvalue weighted by Gasteiger charge is -2.08. The number of anilines is 1. The van der Waals surface area contributed by atoms with Crippen LogP contribution in [0.15, 0.2) is 34.8 Å². The van der Waals surface area contributed by atoms with E-state index in [2.05, 4.69) is 26.2 Å². The monoisotopic (exact) mass is 320 g/mol. The number of ether oxygens (including phenoxy) is 2. The van der Waals surface area contributed by atoms with Crippen molar-refractivity contribution in [2.75, 3.05) is 12.1 Å². The van der Waals surface area contributed by atoms with Crippen LogP contribution in [0.3, 0.4) is 0 Å². The van der Waals surface area contributed by atoms with E-state index in [1.165, 1.54) is 0 Å². The average molecular weight is 321 g/mol. The van der Waals surface area contributed by atoms with Crippen LogP contribution in [0.2, 0.25) is 0 Å². The van der Waals surface area contributed by atoms with Crippen molar-refractivity contribution in [2.45, 2.75) is 13.5 Å². The zero-order valence-electron chi connectivity index (χ0n) is 10.4. The third-order valence-corrected chi connectivity index (χ3v) is 3.77. The molecule has 0 radical (unpaired) electrons. The fraction of sp³-hybridized carbons (Fsp3) is 0.214. The number of benzene rings is 1. The Labute approximate surface area is 119 Å². The van der Waals surface area contributed by atoms with Crippen molar-refractivity contribution in [3.8, 4) is 11.5 Å². The molecule has 0 fully saturated rings. The van der Waals surface area contributed by atoms with Gasteiger partial charge >= 0.3 is 0 Å². The number of pyridine rings is 1. The fourth-order valence-electron chi connectivity index (χ4n) is 1.89. The maximum absolute atomic E-state index is 5.35. The molecule has 19 heavy (non-hydrogen) atoms. The number of aromatic nitrogens is 1. The van der Waals surface area contributed by atoms with Crippen LogP contribution in [0.25, 0.3) is 0 Å². The van der Waals surface area contributed by atoms with Crippen molar-refractivity contribution >= 4 is 21.7 Å². The lowest BCUT2D eigenvalue weighted by Crippen LogP contribution is -2.02. The van der Waals surface area contributed by atoms with Gasteiger partial charge in [0.15, 0.2) is 11.5 Å². The van der Waals surface area contributed by atoms with Crippen molar-refractivity contribution < 1.29 is 9.47 Å². The van der Waals surface area contributed by atoms with Crippen LogP contribution in [-0.2, 0) is 6.54 Å². The molecular formula is C14H13BrN2O2. The molecule has 0 aliphatic carbocycles. The van der Waals surface area contributed by atoms with E-state index in [1.807, 2.05) is 37.3 Å². The number of hydrogen-bond acceptors (Lipinski definition) is 4. The van der Waals surface area contributed by atoms with Crippen molar-refractivity contribution in [3.63, 3.8) is 0 Å². The standard InChI is InChI=1S/C14H13BrN2O2/c1-9-11(15)3-5-14(17-9)16-7-10-2-4-12-13(6-10)19-8-18-12/h2-6H,7-8H2,1H3,(H,16,17). The maximum Gasteiger partial charge on any atom is 0.231 e. The first kappa shape index (κ1) is 12.3. The number of nitrogens with zero attached hydrogens (tertiary/aromatic N) is 1. The van der Waals surface area contributed by atoms with Crippen LogP contribution in [0.4, 0.5) is 5.82 Å². The van der Waals surface area contributed by atoms with Gasteiger partial charge in [-0.15, -0.1) is 0 Å². The normalized spacial score (nSPS) is 12.5. The van der Waals surface area contributed by atoms with Gasteiger partial charge in [0.2, 0.25) is 6.79 Å². The number of rotatable bonds is 3. The average Bonchev–Trinajstić information content (AvgIpc) is 2.87. The van der Waals surface area contributed by atoms with Gasteiger partial charge in [-0.2, -0.15) is 0 Å². The minimum Gasteiger partial charge on any atom is -0.454 e. The molecule has 2 aromatic rings. The van der Waals surface area contributed by atoms with Gasteiger partial charge in [-0.1, -0.05) is 6.07 Å². The number of halogens is 1. The first-order valence-corrected chi connectivity index (χ1v) is 6.77. The van der Waals surface area contributed by atoms with Crippen molar-refractivity contribution in [2.24, 2.45) is 0 Å². The molecule has 0 unspecified atom stereocenters. The molecule has 0 amide bonds. The van der Waals surface area contributed by atoms with Crippen LogP contribution in [-0.4, -0.2) is 11.8 Å². The van der Waals surface area contributed by atoms with E-state index in [0.717, 1.165) is 33.0 Å². The Balaban J connectivity index is 1.70. The summed E-state index contributed by atoms with van der Waals surface area (Å²) in [5.74, 6) is 2.47. The molecule has 0 saturated heterocycles. The lowest BCUT2D eigenvalue weighted by atomic mass is 10.2. The van der Waals surface area contributed by atoms with Gasteiger partial charge in [-0.25, -0.2) is 4.98 Å². The molecule has 3 rings (SSSR count). The van der Waals surface area contributed by atoms with E-state index >= 15 is 0 Å². The minimum atomic E-state index is 0.305. The molecule has 1 N–H and O–H groups in total. The van der Waals surface area contributed by atoms with Crippen LogP contribution in [0.1, 0.15) is 11.3 Å². The molecule has 0 saturated carbocycles. The largest absolute Gasteiger partial charge is 0.454 e. The minimum absolute atomic E-state index is 0.305. The zero-order chi connectivity index (χ0) is 13.2. The molecule has 1 aromatic heterocycles. The highest BCUT2D eigenvalue weighted by atomic mass is 79.9. The lowest BCUT2D eigenvalue weighted by molar-refractivity contribution is 0.174. The Morgan fingerprint density at radius 1 is 1.21 bits per heavy atom. The molecule has 1 aliphatic heterocycles. The second-order valence-corrected chi connectivity index (χ2v) is 5.16. The van der Waals surface area contributed by atoms with Gasteiger partial charge in [0.05, 0.1) is 5.69 Å². The Morgan fingerprint density at radius 2 is 2.05 bits per heavy atom. The fourth-order valence-corrected chi connectivity index (χ4v) is 2.11. The molecular weight excluding hydrogens is 308 g/mol. The zero-order valence-corrected chi connectivity index (χ0v) is 12.0. The Bertz CT molecular complexity index is 616. The van der Waals surface area contributed by atoms with E-state index in [9.17, 15) is 0 Å². The summed E-state index contributed by atoms with van der Waals surface area (Å²) in [6, 6.07) is 9.88. The molecule has 1 aliphatic rings. The molecule has 98 valence electrons. The van der Waals surface area contributed by atoms with Crippen molar-refractivity contribution in [1.29, 1.82) is 0 Å². The van der Waals surface area contributed by atoms with E-state index in [4.69, 9.17) is 9.47 Å². The second-order valence-electron chi connectivity index (χ2n) is 4.30. The summed E-state index contributed by atoms with van der Waals surface area (Å²) in [6.07, 6.45) is 0. The van der Waals surface area contributed by atoms with Crippen LogP contribution in [0.5, 0.6) is 11.5 Å². The highest BCUT2D eigenvalue weighted by molar-refractivity contribution is 9.10. The number of nitrogens with one attached hydrogen (secondary N) is 1. The first-order chi connectivity index (χ1) is 9.22. The van der Waals surface area contributed by atoms with E-state index in [1.54, 1.807) is 0 Å². The quantitative estimate of drug-likeness (QED) is 0.940. The number of aryl methyl sites for hydroxylation is 1. The topological polar surface area (TPSA) is 43.4 Å². The summed E-state index contributed by atoms with van der Waals surface area (Å²) >= 11 is 3.44. The van der Waals surface area contributed by atoms with Gasteiger partial charge < -0.3 is 14.8 Å². The summed E-state index contributed by atoms with van der Waals surface area (Å²) in [5.41, 5.74) is 2.10. The van der Waals surface area contributed by atoms with E-state index in [0.29, 0.717) is 13.3 Å². The Morgan fingerprint density at radius 3 is 2.89 bits per heavy atom. The van der Waals surface area contributed by atoms with Crippen molar-refractivity contribution in [1.82, 2.24) is 4.98 Å². The second kappa shape index (κ2) is 5.09. The smallest absolute Gasteiger partial charge is 0.231 e. The SMILES string of the molecule is Cc1nc(NCc2ccc3c(c2)OCO3)ccc1Br. The summed E-state index contributed by atoms with van der Waals surface area (Å²) in [4.78, 5) is 4.45. The summed E-state index contributed by atoms with van der Waals surface area (Å²) in [5, 5.41) is 3.29.